The van der Waals surface area contributed by atoms with E-state index >= 15 is 0 Å². The molecule has 1 fully saturated rings. The van der Waals surface area contributed by atoms with E-state index in [1.54, 1.807) is 18.7 Å². The second-order valence-electron chi connectivity index (χ2n) is 5.59. The fourth-order valence-corrected chi connectivity index (χ4v) is 2.37. The highest BCUT2D eigenvalue weighted by atomic mass is 19.1. The SMILES string of the molecule is COc1c(N)ncc(F)c1OC1CCN(C(=O)OC(C)C)CC1. The average molecular weight is 327 g/mol. The molecule has 0 spiro atoms. The van der Waals surface area contributed by atoms with Crippen LogP contribution in [-0.4, -0.2) is 48.4 Å². The molecule has 1 amide bonds. The molecule has 1 aromatic rings. The third kappa shape index (κ3) is 4.14. The molecule has 0 aliphatic carbocycles. The van der Waals surface area contributed by atoms with E-state index in [0.29, 0.717) is 25.9 Å². The zero-order valence-electron chi connectivity index (χ0n) is 13.5. The highest BCUT2D eigenvalue weighted by molar-refractivity contribution is 5.67. The predicted octanol–water partition coefficient (Wildman–Crippen LogP) is 2.20. The van der Waals surface area contributed by atoms with Crippen LogP contribution < -0.4 is 15.2 Å². The highest BCUT2D eigenvalue weighted by Gasteiger charge is 2.27. The molecule has 2 rings (SSSR count). The van der Waals surface area contributed by atoms with Crippen LogP contribution in [-0.2, 0) is 4.74 Å². The smallest absolute Gasteiger partial charge is 0.410 e. The van der Waals surface area contributed by atoms with Crippen molar-refractivity contribution in [2.24, 2.45) is 0 Å². The van der Waals surface area contributed by atoms with Gasteiger partial charge in [-0.1, -0.05) is 0 Å². The number of nitrogens with zero attached hydrogens (tertiary/aromatic N) is 2. The normalized spacial score (nSPS) is 15.6. The van der Waals surface area contributed by atoms with Crippen LogP contribution in [0.15, 0.2) is 6.20 Å². The zero-order chi connectivity index (χ0) is 17.0. The molecule has 0 bridgehead atoms. The number of likely N-dealkylation sites (tertiary alicyclic amines) is 1. The Morgan fingerprint density at radius 1 is 1.39 bits per heavy atom. The van der Waals surface area contributed by atoms with Gasteiger partial charge in [-0.3, -0.25) is 0 Å². The van der Waals surface area contributed by atoms with Gasteiger partial charge in [-0.15, -0.1) is 0 Å². The molecule has 2 N–H and O–H groups in total. The number of carbonyl (C=O) groups is 1. The summed E-state index contributed by atoms with van der Waals surface area (Å²) in [5.74, 6) is -0.505. The molecule has 0 unspecified atom stereocenters. The van der Waals surface area contributed by atoms with Gasteiger partial charge in [-0.2, -0.15) is 0 Å². The molecule has 1 aromatic heterocycles. The van der Waals surface area contributed by atoms with E-state index in [0.717, 1.165) is 6.20 Å². The van der Waals surface area contributed by atoms with Crippen LogP contribution in [0.5, 0.6) is 11.5 Å². The summed E-state index contributed by atoms with van der Waals surface area (Å²) < 4.78 is 29.8. The number of methoxy groups -OCH3 is 1. The molecule has 7 nitrogen and oxygen atoms in total. The first kappa shape index (κ1) is 17.1. The minimum Gasteiger partial charge on any atom is -0.490 e. The van der Waals surface area contributed by atoms with E-state index in [-0.39, 0.29) is 35.6 Å². The van der Waals surface area contributed by atoms with Crippen LogP contribution in [0.25, 0.3) is 0 Å². The lowest BCUT2D eigenvalue weighted by Gasteiger charge is -2.32. The first-order valence-corrected chi connectivity index (χ1v) is 7.52. The molecule has 0 atom stereocenters. The molecule has 1 aliphatic rings. The molecule has 128 valence electrons. The van der Waals surface area contributed by atoms with E-state index in [1.165, 1.54) is 7.11 Å². The number of halogens is 1. The number of nitrogens with two attached hydrogens (primary N) is 1. The van der Waals surface area contributed by atoms with Crippen LogP contribution in [0.4, 0.5) is 15.0 Å². The number of pyridine rings is 1. The minimum atomic E-state index is -0.627. The first-order valence-electron chi connectivity index (χ1n) is 7.52. The van der Waals surface area contributed by atoms with E-state index < -0.39 is 5.82 Å². The third-order valence-electron chi connectivity index (χ3n) is 3.50. The Hall–Kier alpha value is -2.25. The average Bonchev–Trinajstić information content (AvgIpc) is 2.51. The van der Waals surface area contributed by atoms with Gasteiger partial charge >= 0.3 is 6.09 Å². The number of anilines is 1. The van der Waals surface area contributed by atoms with Crippen LogP contribution >= 0.6 is 0 Å². The lowest BCUT2D eigenvalue weighted by molar-refractivity contribution is 0.0501. The molecular weight excluding hydrogens is 305 g/mol. The standard InChI is InChI=1S/C15H22FN3O4/c1-9(2)22-15(20)19-6-4-10(5-7-19)23-12-11(16)8-18-14(17)13(12)21-3/h8-10H,4-7H2,1-3H3,(H2,17,18). The van der Waals surface area contributed by atoms with Crippen LogP contribution in [0.1, 0.15) is 26.7 Å². The molecule has 1 saturated heterocycles. The monoisotopic (exact) mass is 327 g/mol. The second-order valence-corrected chi connectivity index (χ2v) is 5.59. The van der Waals surface area contributed by atoms with Crippen molar-refractivity contribution in [3.05, 3.63) is 12.0 Å². The molecule has 1 aliphatic heterocycles. The number of nitrogen functional groups attached to an aromatic ring is 1. The van der Waals surface area contributed by atoms with Crippen molar-refractivity contribution in [2.45, 2.75) is 38.9 Å². The van der Waals surface area contributed by atoms with E-state index in [9.17, 15) is 9.18 Å². The van der Waals surface area contributed by atoms with Gasteiger partial charge in [0.05, 0.1) is 19.4 Å². The zero-order valence-corrected chi connectivity index (χ0v) is 13.5. The number of rotatable bonds is 4. The molecule has 23 heavy (non-hydrogen) atoms. The Bertz CT molecular complexity index is 560. The number of ether oxygens (including phenoxy) is 3. The van der Waals surface area contributed by atoms with Gasteiger partial charge in [0, 0.05) is 25.9 Å². The summed E-state index contributed by atoms with van der Waals surface area (Å²) >= 11 is 0. The number of aromatic nitrogens is 1. The summed E-state index contributed by atoms with van der Waals surface area (Å²) in [6, 6.07) is 0. The van der Waals surface area contributed by atoms with Crippen molar-refractivity contribution < 1.29 is 23.4 Å². The lowest BCUT2D eigenvalue weighted by Crippen LogP contribution is -2.42. The fraction of sp³-hybridized carbons (Fsp3) is 0.600. The highest BCUT2D eigenvalue weighted by Crippen LogP contribution is 2.35. The fourth-order valence-electron chi connectivity index (χ4n) is 2.37. The van der Waals surface area contributed by atoms with Crippen LogP contribution in [0.2, 0.25) is 0 Å². The van der Waals surface area contributed by atoms with Gasteiger partial charge < -0.3 is 24.8 Å². The van der Waals surface area contributed by atoms with Crippen molar-refractivity contribution in [3.8, 4) is 11.5 Å². The Morgan fingerprint density at radius 2 is 2.04 bits per heavy atom. The topological polar surface area (TPSA) is 86.9 Å². The minimum absolute atomic E-state index is 0.0387. The second kappa shape index (κ2) is 7.34. The molecule has 0 saturated carbocycles. The molecule has 0 aromatic carbocycles. The van der Waals surface area contributed by atoms with Crippen LogP contribution in [0, 0.1) is 5.82 Å². The molecule has 8 heteroatoms. The number of amides is 1. The summed E-state index contributed by atoms with van der Waals surface area (Å²) in [6.07, 6.45) is 1.41. The van der Waals surface area contributed by atoms with Gasteiger partial charge in [0.1, 0.15) is 6.10 Å². The maximum atomic E-state index is 13.9. The molecular formula is C15H22FN3O4. The Labute approximate surface area is 134 Å². The number of hydrogen-bond acceptors (Lipinski definition) is 6. The summed E-state index contributed by atoms with van der Waals surface area (Å²) in [5, 5.41) is 0. The van der Waals surface area contributed by atoms with Gasteiger partial charge in [-0.05, 0) is 13.8 Å². The quantitative estimate of drug-likeness (QED) is 0.912. The van der Waals surface area contributed by atoms with E-state index in [4.69, 9.17) is 19.9 Å². The van der Waals surface area contributed by atoms with Crippen molar-refractivity contribution in [2.75, 3.05) is 25.9 Å². The number of hydrogen-bond donors (Lipinski definition) is 1. The first-order chi connectivity index (χ1) is 10.9. The lowest BCUT2D eigenvalue weighted by atomic mass is 10.1. The van der Waals surface area contributed by atoms with Gasteiger partial charge in [0.25, 0.3) is 0 Å². The summed E-state index contributed by atoms with van der Waals surface area (Å²) in [5.41, 5.74) is 5.66. The summed E-state index contributed by atoms with van der Waals surface area (Å²) in [4.78, 5) is 17.1. The number of carbonyl (C=O) groups excluding carboxylic acids is 1. The van der Waals surface area contributed by atoms with Gasteiger partial charge in [0.2, 0.25) is 11.5 Å². The Morgan fingerprint density at radius 3 is 2.61 bits per heavy atom. The molecule has 0 radical (unpaired) electrons. The van der Waals surface area contributed by atoms with Crippen molar-refractivity contribution >= 4 is 11.9 Å². The molecule has 2 heterocycles. The predicted molar refractivity (Wildman–Crippen MR) is 82.0 cm³/mol. The van der Waals surface area contributed by atoms with Crippen LogP contribution in [0.3, 0.4) is 0 Å². The number of piperidine rings is 1. The van der Waals surface area contributed by atoms with E-state index in [1.807, 2.05) is 0 Å². The maximum absolute atomic E-state index is 13.9. The Balaban J connectivity index is 1.97. The van der Waals surface area contributed by atoms with Gasteiger partial charge in [-0.25, -0.2) is 14.2 Å². The van der Waals surface area contributed by atoms with Gasteiger partial charge in [0.15, 0.2) is 11.6 Å². The third-order valence-corrected chi connectivity index (χ3v) is 3.50. The summed E-state index contributed by atoms with van der Waals surface area (Å²) in [7, 11) is 1.38. The van der Waals surface area contributed by atoms with E-state index in [2.05, 4.69) is 4.98 Å². The van der Waals surface area contributed by atoms with Crippen molar-refractivity contribution in [1.82, 2.24) is 9.88 Å². The maximum Gasteiger partial charge on any atom is 0.410 e. The van der Waals surface area contributed by atoms with Crippen molar-refractivity contribution in [1.29, 1.82) is 0 Å². The largest absolute Gasteiger partial charge is 0.490 e. The van der Waals surface area contributed by atoms with Crippen molar-refractivity contribution in [3.63, 3.8) is 0 Å². The summed E-state index contributed by atoms with van der Waals surface area (Å²) in [6.45, 7) is 4.58. The Kier molecular flexibility index (Phi) is 5.46.